The zero-order valence-corrected chi connectivity index (χ0v) is 19.9. The summed E-state index contributed by atoms with van der Waals surface area (Å²) in [5, 5.41) is -0.0943. The summed E-state index contributed by atoms with van der Waals surface area (Å²) in [6.45, 7) is 1.06. The first-order valence-electron chi connectivity index (χ1n) is 10.5. The Kier molecular flexibility index (Phi) is 6.32. The number of primary amides is 1. The van der Waals surface area contributed by atoms with Crippen molar-refractivity contribution in [1.82, 2.24) is 15.0 Å². The molecule has 0 aromatic carbocycles. The van der Waals surface area contributed by atoms with Crippen molar-refractivity contribution in [3.05, 3.63) is 50.0 Å². The van der Waals surface area contributed by atoms with Gasteiger partial charge in [0.2, 0.25) is 11.4 Å². The molecule has 13 heteroatoms. The van der Waals surface area contributed by atoms with Crippen LogP contribution in [0.3, 0.4) is 0 Å². The predicted octanol–water partition coefficient (Wildman–Crippen LogP) is 4.80. The summed E-state index contributed by atoms with van der Waals surface area (Å²) < 4.78 is 68.9. The van der Waals surface area contributed by atoms with Crippen molar-refractivity contribution in [1.29, 1.82) is 0 Å². The van der Waals surface area contributed by atoms with Crippen LogP contribution in [0.15, 0.2) is 27.6 Å². The van der Waals surface area contributed by atoms with Crippen molar-refractivity contribution >= 4 is 38.6 Å². The van der Waals surface area contributed by atoms with Crippen LogP contribution >= 0.6 is 15.9 Å². The average molecular weight is 560 g/mol. The van der Waals surface area contributed by atoms with Gasteiger partial charge in [0.25, 0.3) is 5.91 Å². The second-order valence-electron chi connectivity index (χ2n) is 8.31. The molecule has 4 rings (SSSR count). The van der Waals surface area contributed by atoms with E-state index in [1.165, 1.54) is 30.2 Å². The van der Waals surface area contributed by atoms with Crippen LogP contribution in [0.1, 0.15) is 41.0 Å². The third-order valence-corrected chi connectivity index (χ3v) is 6.59. The van der Waals surface area contributed by atoms with Gasteiger partial charge in [-0.05, 0) is 47.0 Å². The van der Waals surface area contributed by atoms with Gasteiger partial charge in [0.15, 0.2) is 0 Å². The van der Waals surface area contributed by atoms with E-state index in [1.807, 2.05) is 0 Å². The number of carbonyl (C=O) groups is 1. The SMILES string of the molecule is Cc1cc(-c2[nH]c3ccnc(C(N)=O)c3c(=O)c2Br)c(N2CCCC(F)(F)CC2)nc1C(F)(F)F. The van der Waals surface area contributed by atoms with Crippen LogP contribution in [0.2, 0.25) is 0 Å². The molecule has 1 amide bonds. The molecule has 1 aliphatic rings. The van der Waals surface area contributed by atoms with Gasteiger partial charge in [0, 0.05) is 37.7 Å². The number of H-pyrrole nitrogens is 1. The van der Waals surface area contributed by atoms with Crippen LogP contribution < -0.4 is 16.1 Å². The van der Waals surface area contributed by atoms with Crippen LogP contribution in [0.4, 0.5) is 27.8 Å². The predicted molar refractivity (Wildman–Crippen MR) is 123 cm³/mol. The Labute approximate surface area is 203 Å². The van der Waals surface area contributed by atoms with Crippen LogP contribution in [-0.4, -0.2) is 39.9 Å². The van der Waals surface area contributed by atoms with Gasteiger partial charge in [0.05, 0.1) is 21.1 Å². The van der Waals surface area contributed by atoms with Crippen LogP contribution in [0, 0.1) is 6.92 Å². The minimum absolute atomic E-state index is 0.0480. The zero-order valence-electron chi connectivity index (χ0n) is 18.3. The molecule has 4 heterocycles. The number of anilines is 1. The summed E-state index contributed by atoms with van der Waals surface area (Å²) in [6.07, 6.45) is -4.41. The number of alkyl halides is 5. The van der Waals surface area contributed by atoms with E-state index in [0.29, 0.717) is 0 Å². The summed E-state index contributed by atoms with van der Waals surface area (Å²) in [5.41, 5.74) is 3.40. The first-order valence-corrected chi connectivity index (χ1v) is 11.3. The normalized spacial score (nSPS) is 16.4. The molecule has 0 unspecified atom stereocenters. The van der Waals surface area contributed by atoms with Crippen LogP contribution in [0.5, 0.6) is 0 Å². The number of aromatic amines is 1. The van der Waals surface area contributed by atoms with Crippen LogP contribution in [-0.2, 0) is 6.18 Å². The minimum atomic E-state index is -4.77. The molecule has 0 bridgehead atoms. The first-order chi connectivity index (χ1) is 16.3. The third-order valence-electron chi connectivity index (χ3n) is 5.84. The molecule has 0 radical (unpaired) electrons. The van der Waals surface area contributed by atoms with Crippen molar-refractivity contribution in [2.75, 3.05) is 18.0 Å². The van der Waals surface area contributed by atoms with Gasteiger partial charge >= 0.3 is 6.18 Å². The highest BCUT2D eigenvalue weighted by Crippen LogP contribution is 2.40. The number of halogens is 6. The van der Waals surface area contributed by atoms with E-state index in [-0.39, 0.29) is 63.2 Å². The molecule has 1 aliphatic heterocycles. The number of nitrogens with zero attached hydrogens (tertiary/aromatic N) is 3. The molecule has 1 fully saturated rings. The Morgan fingerprint density at radius 2 is 1.97 bits per heavy atom. The molecule has 7 nitrogen and oxygen atoms in total. The van der Waals surface area contributed by atoms with E-state index in [4.69, 9.17) is 5.73 Å². The Bertz CT molecular complexity index is 1390. The maximum atomic E-state index is 14.0. The molecule has 35 heavy (non-hydrogen) atoms. The maximum Gasteiger partial charge on any atom is 0.433 e. The van der Waals surface area contributed by atoms with Gasteiger partial charge in [0.1, 0.15) is 17.2 Å². The van der Waals surface area contributed by atoms with Gasteiger partial charge in [-0.3, -0.25) is 14.6 Å². The molecule has 1 saturated heterocycles. The Morgan fingerprint density at radius 1 is 1.26 bits per heavy atom. The lowest BCUT2D eigenvalue weighted by atomic mass is 10.0. The topological polar surface area (TPSA) is 105 Å². The quantitative estimate of drug-likeness (QED) is 0.448. The van der Waals surface area contributed by atoms with Crippen LogP contribution in [0.25, 0.3) is 22.2 Å². The van der Waals surface area contributed by atoms with Gasteiger partial charge < -0.3 is 15.6 Å². The van der Waals surface area contributed by atoms with Crippen molar-refractivity contribution in [3.8, 4) is 11.3 Å². The lowest BCUT2D eigenvalue weighted by Gasteiger charge is -2.26. The largest absolute Gasteiger partial charge is 0.433 e. The number of hydrogen-bond donors (Lipinski definition) is 2. The molecule has 3 aromatic heterocycles. The zero-order chi connectivity index (χ0) is 25.7. The summed E-state index contributed by atoms with van der Waals surface area (Å²) in [6, 6.07) is 2.63. The van der Waals surface area contributed by atoms with Gasteiger partial charge in [-0.2, -0.15) is 13.2 Å². The second-order valence-corrected chi connectivity index (χ2v) is 9.10. The Morgan fingerprint density at radius 3 is 2.63 bits per heavy atom. The number of amides is 1. The fourth-order valence-corrected chi connectivity index (χ4v) is 4.68. The lowest BCUT2D eigenvalue weighted by molar-refractivity contribution is -0.141. The van der Waals surface area contributed by atoms with E-state index < -0.39 is 42.0 Å². The monoisotopic (exact) mass is 559 g/mol. The number of fused-ring (bicyclic) bond motifs is 1. The van der Waals surface area contributed by atoms with Gasteiger partial charge in [-0.1, -0.05) is 0 Å². The van der Waals surface area contributed by atoms with E-state index in [1.54, 1.807) is 0 Å². The molecule has 3 N–H and O–H groups in total. The van der Waals surface area contributed by atoms with E-state index >= 15 is 0 Å². The van der Waals surface area contributed by atoms with E-state index in [0.717, 1.165) is 0 Å². The maximum absolute atomic E-state index is 14.0. The summed E-state index contributed by atoms with van der Waals surface area (Å²) in [7, 11) is 0. The summed E-state index contributed by atoms with van der Waals surface area (Å²) in [4.78, 5) is 37.0. The molecule has 0 saturated carbocycles. The number of rotatable bonds is 3. The number of aromatic nitrogens is 3. The number of pyridine rings is 3. The summed E-state index contributed by atoms with van der Waals surface area (Å²) >= 11 is 3.18. The highest BCUT2D eigenvalue weighted by molar-refractivity contribution is 9.10. The van der Waals surface area contributed by atoms with Crippen molar-refractivity contribution in [2.45, 2.75) is 38.3 Å². The number of carbonyl (C=O) groups excluding carboxylic acids is 1. The summed E-state index contributed by atoms with van der Waals surface area (Å²) in [5.74, 6) is -4.05. The number of hydrogen-bond acceptors (Lipinski definition) is 5. The van der Waals surface area contributed by atoms with Crippen molar-refractivity contribution in [2.24, 2.45) is 5.73 Å². The minimum Gasteiger partial charge on any atom is -0.364 e. The first kappa shape index (κ1) is 25.0. The molecule has 0 aliphatic carbocycles. The smallest absolute Gasteiger partial charge is 0.364 e. The highest BCUT2D eigenvalue weighted by Gasteiger charge is 2.38. The molecule has 186 valence electrons. The van der Waals surface area contributed by atoms with Gasteiger partial charge in [-0.15, -0.1) is 0 Å². The van der Waals surface area contributed by atoms with E-state index in [9.17, 15) is 31.5 Å². The molecule has 0 atom stereocenters. The van der Waals surface area contributed by atoms with E-state index in [2.05, 4.69) is 30.9 Å². The third kappa shape index (κ3) is 4.73. The number of aryl methyl sites for hydroxylation is 1. The number of nitrogens with one attached hydrogen (secondary N) is 1. The molecule has 0 spiro atoms. The fourth-order valence-electron chi connectivity index (χ4n) is 4.17. The van der Waals surface area contributed by atoms with Gasteiger partial charge in [-0.25, -0.2) is 13.8 Å². The lowest BCUT2D eigenvalue weighted by Crippen LogP contribution is -2.28. The molecule has 3 aromatic rings. The number of nitrogens with two attached hydrogens (primary N) is 1. The second kappa shape index (κ2) is 8.85. The Balaban J connectivity index is 1.99. The highest BCUT2D eigenvalue weighted by atomic mass is 79.9. The fraction of sp³-hybridized carbons (Fsp3) is 0.364. The van der Waals surface area contributed by atoms with Crippen molar-refractivity contribution < 1.29 is 26.7 Å². The average Bonchev–Trinajstić information content (AvgIpc) is 2.95. The van der Waals surface area contributed by atoms with Crippen molar-refractivity contribution in [3.63, 3.8) is 0 Å². The standard InChI is InChI=1S/C22H19BrF5N5O2/c1-10-9-11(15-14(23)17(34)13-12(31-15)3-6-30-16(13)19(29)35)20(32-18(10)22(26,27)28)33-7-2-4-21(24,25)5-8-33/h3,6,9H,2,4-5,7-8H2,1H3,(H2,29,35)(H,31,34). The molecular formula is C22H19BrF5N5O2. The Hall–Kier alpha value is -3.09. The molecular weight excluding hydrogens is 541 g/mol.